The molecule has 2 rings (SSSR count). The minimum atomic E-state index is -0.413. The lowest BCUT2D eigenvalue weighted by atomic mass is 9.97. The second-order valence-electron chi connectivity index (χ2n) is 5.86. The van der Waals surface area contributed by atoms with E-state index in [2.05, 4.69) is 36.9 Å². The Morgan fingerprint density at radius 1 is 1.16 bits per heavy atom. The fourth-order valence-corrected chi connectivity index (χ4v) is 2.90. The van der Waals surface area contributed by atoms with Crippen LogP contribution >= 0.6 is 0 Å². The summed E-state index contributed by atoms with van der Waals surface area (Å²) in [5.41, 5.74) is 3.42. The molecule has 1 aliphatic heterocycles. The van der Waals surface area contributed by atoms with Crippen molar-refractivity contribution in [2.45, 2.75) is 32.8 Å². The van der Waals surface area contributed by atoms with Crippen LogP contribution in [-0.4, -0.2) is 41.4 Å². The zero-order chi connectivity index (χ0) is 13.8. The van der Waals surface area contributed by atoms with Crippen LogP contribution in [0.5, 0.6) is 0 Å². The molecule has 1 fully saturated rings. The van der Waals surface area contributed by atoms with Crippen molar-refractivity contribution in [2.24, 2.45) is 5.92 Å². The van der Waals surface area contributed by atoms with Crippen LogP contribution in [0.1, 0.15) is 35.6 Å². The molecule has 1 heterocycles. The van der Waals surface area contributed by atoms with Crippen molar-refractivity contribution < 1.29 is 10.2 Å². The monoisotopic (exact) mass is 263 g/mol. The largest absolute Gasteiger partial charge is 0.396 e. The maximum atomic E-state index is 10.4. The molecule has 19 heavy (non-hydrogen) atoms. The molecule has 2 N–H and O–H groups in total. The summed E-state index contributed by atoms with van der Waals surface area (Å²) < 4.78 is 0. The first-order chi connectivity index (χ1) is 9.08. The van der Waals surface area contributed by atoms with Crippen LogP contribution in [0, 0.1) is 19.8 Å². The van der Waals surface area contributed by atoms with Crippen LogP contribution in [0.15, 0.2) is 18.2 Å². The SMILES string of the molecule is Cc1cc(C)cc(C(O)CN2CCC(CO)CC2)c1. The molecule has 0 spiro atoms. The van der Waals surface area contributed by atoms with Gasteiger partial charge < -0.3 is 15.1 Å². The van der Waals surface area contributed by atoms with Gasteiger partial charge in [0.1, 0.15) is 0 Å². The molecule has 0 aromatic heterocycles. The Bertz CT molecular complexity index is 391. The van der Waals surface area contributed by atoms with Crippen LogP contribution in [0.25, 0.3) is 0 Å². The third kappa shape index (κ3) is 4.03. The van der Waals surface area contributed by atoms with Crippen LogP contribution in [0.2, 0.25) is 0 Å². The minimum absolute atomic E-state index is 0.299. The fourth-order valence-electron chi connectivity index (χ4n) is 2.90. The van der Waals surface area contributed by atoms with Gasteiger partial charge in [0.05, 0.1) is 6.10 Å². The van der Waals surface area contributed by atoms with Gasteiger partial charge in [-0.2, -0.15) is 0 Å². The van der Waals surface area contributed by atoms with Crippen molar-refractivity contribution in [3.05, 3.63) is 34.9 Å². The summed E-state index contributed by atoms with van der Waals surface area (Å²) in [6.07, 6.45) is 1.66. The van der Waals surface area contributed by atoms with Gasteiger partial charge in [0.15, 0.2) is 0 Å². The lowest BCUT2D eigenvalue weighted by Crippen LogP contribution is -2.37. The van der Waals surface area contributed by atoms with Gasteiger partial charge in [0.2, 0.25) is 0 Å². The molecule has 1 unspecified atom stereocenters. The van der Waals surface area contributed by atoms with Crippen LogP contribution in [0.4, 0.5) is 0 Å². The zero-order valence-electron chi connectivity index (χ0n) is 12.0. The Balaban J connectivity index is 1.92. The van der Waals surface area contributed by atoms with E-state index in [1.807, 2.05) is 0 Å². The van der Waals surface area contributed by atoms with Crippen LogP contribution in [-0.2, 0) is 0 Å². The van der Waals surface area contributed by atoms with Gasteiger partial charge in [-0.25, -0.2) is 0 Å². The van der Waals surface area contributed by atoms with E-state index < -0.39 is 6.10 Å². The number of hydrogen-bond acceptors (Lipinski definition) is 3. The quantitative estimate of drug-likeness (QED) is 0.873. The van der Waals surface area contributed by atoms with E-state index in [9.17, 15) is 5.11 Å². The van der Waals surface area contributed by atoms with E-state index in [1.165, 1.54) is 11.1 Å². The predicted octanol–water partition coefficient (Wildman–Crippen LogP) is 2.04. The number of hydrogen-bond donors (Lipinski definition) is 2. The summed E-state index contributed by atoms with van der Waals surface area (Å²) in [7, 11) is 0. The molecular weight excluding hydrogens is 238 g/mol. The van der Waals surface area contributed by atoms with Gasteiger partial charge in [0.25, 0.3) is 0 Å². The molecule has 1 aromatic carbocycles. The first-order valence-corrected chi connectivity index (χ1v) is 7.18. The highest BCUT2D eigenvalue weighted by Crippen LogP contribution is 2.21. The predicted molar refractivity (Wildman–Crippen MR) is 77.1 cm³/mol. The summed E-state index contributed by atoms with van der Waals surface area (Å²) in [4.78, 5) is 2.30. The Hall–Kier alpha value is -0.900. The number of benzene rings is 1. The fraction of sp³-hybridized carbons (Fsp3) is 0.625. The summed E-state index contributed by atoms with van der Waals surface area (Å²) in [5.74, 6) is 0.453. The van der Waals surface area contributed by atoms with E-state index in [0.29, 0.717) is 19.1 Å². The Labute approximate surface area is 115 Å². The molecule has 3 heteroatoms. The number of piperidine rings is 1. The summed E-state index contributed by atoms with van der Waals surface area (Å²) >= 11 is 0. The molecule has 106 valence electrons. The van der Waals surface area contributed by atoms with Gasteiger partial charge >= 0.3 is 0 Å². The highest BCUT2D eigenvalue weighted by molar-refractivity contribution is 5.30. The maximum absolute atomic E-state index is 10.4. The average Bonchev–Trinajstić information content (AvgIpc) is 2.38. The Morgan fingerprint density at radius 2 is 1.74 bits per heavy atom. The third-order valence-corrected chi connectivity index (χ3v) is 4.03. The van der Waals surface area contributed by atoms with Crippen molar-refractivity contribution in [1.29, 1.82) is 0 Å². The van der Waals surface area contributed by atoms with Crippen molar-refractivity contribution in [3.8, 4) is 0 Å². The van der Waals surface area contributed by atoms with Crippen molar-refractivity contribution in [3.63, 3.8) is 0 Å². The number of likely N-dealkylation sites (tertiary alicyclic amines) is 1. The molecule has 0 bridgehead atoms. The summed E-state index contributed by atoms with van der Waals surface area (Å²) in [5, 5.41) is 19.5. The minimum Gasteiger partial charge on any atom is -0.396 e. The molecule has 0 radical (unpaired) electrons. The second kappa shape index (κ2) is 6.51. The zero-order valence-corrected chi connectivity index (χ0v) is 12.0. The van der Waals surface area contributed by atoms with Gasteiger partial charge in [0, 0.05) is 13.2 Å². The molecule has 0 saturated carbocycles. The van der Waals surface area contributed by atoms with Crippen LogP contribution in [0.3, 0.4) is 0 Å². The van der Waals surface area contributed by atoms with Crippen molar-refractivity contribution in [1.82, 2.24) is 4.90 Å². The van der Waals surface area contributed by atoms with Crippen molar-refractivity contribution >= 4 is 0 Å². The van der Waals surface area contributed by atoms with Gasteiger partial charge in [-0.05, 0) is 51.3 Å². The van der Waals surface area contributed by atoms with Crippen molar-refractivity contribution in [2.75, 3.05) is 26.2 Å². The standard InChI is InChI=1S/C16H25NO2/c1-12-7-13(2)9-15(8-12)16(19)10-17-5-3-14(11-18)4-6-17/h7-9,14,16,18-19H,3-6,10-11H2,1-2H3. The molecule has 0 aliphatic carbocycles. The Kier molecular flexibility index (Phi) is 4.97. The van der Waals surface area contributed by atoms with E-state index in [0.717, 1.165) is 31.5 Å². The highest BCUT2D eigenvalue weighted by atomic mass is 16.3. The number of aliphatic hydroxyl groups excluding tert-OH is 2. The Morgan fingerprint density at radius 3 is 2.26 bits per heavy atom. The van der Waals surface area contributed by atoms with E-state index in [4.69, 9.17) is 5.11 Å². The maximum Gasteiger partial charge on any atom is 0.0917 e. The average molecular weight is 263 g/mol. The third-order valence-electron chi connectivity index (χ3n) is 4.03. The second-order valence-corrected chi connectivity index (χ2v) is 5.86. The topological polar surface area (TPSA) is 43.7 Å². The molecule has 1 aliphatic rings. The normalized spacial score (nSPS) is 19.6. The van der Waals surface area contributed by atoms with Gasteiger partial charge in [-0.15, -0.1) is 0 Å². The van der Waals surface area contributed by atoms with E-state index in [-0.39, 0.29) is 0 Å². The van der Waals surface area contributed by atoms with E-state index >= 15 is 0 Å². The molecule has 3 nitrogen and oxygen atoms in total. The molecular formula is C16H25NO2. The first kappa shape index (κ1) is 14.5. The van der Waals surface area contributed by atoms with E-state index in [1.54, 1.807) is 0 Å². The lowest BCUT2D eigenvalue weighted by molar-refractivity contribution is 0.0763. The number of nitrogens with zero attached hydrogens (tertiary/aromatic N) is 1. The van der Waals surface area contributed by atoms with Gasteiger partial charge in [-0.1, -0.05) is 29.3 Å². The molecule has 1 saturated heterocycles. The molecule has 1 atom stereocenters. The lowest BCUT2D eigenvalue weighted by Gasteiger charge is -2.32. The number of rotatable bonds is 4. The number of aryl methyl sites for hydroxylation is 2. The number of β-amino-alcohol motifs (C(OH)–C–C–N with tert-alkyl or cyclic N) is 1. The van der Waals surface area contributed by atoms with Crippen LogP contribution < -0.4 is 0 Å². The molecule has 0 amide bonds. The summed E-state index contributed by atoms with van der Waals surface area (Å²) in [6, 6.07) is 6.26. The number of aliphatic hydroxyl groups is 2. The van der Waals surface area contributed by atoms with Gasteiger partial charge in [-0.3, -0.25) is 0 Å². The smallest absolute Gasteiger partial charge is 0.0917 e. The molecule has 1 aromatic rings. The first-order valence-electron chi connectivity index (χ1n) is 7.18. The highest BCUT2D eigenvalue weighted by Gasteiger charge is 2.21. The summed E-state index contributed by atoms with van der Waals surface area (Å²) in [6.45, 7) is 7.08.